The second-order valence-electron chi connectivity index (χ2n) is 8.56. The first-order chi connectivity index (χ1) is 15.1. The SMILES string of the molecule is O=C(Nc1ccccc1)N[C@H](Cc1ccccc1)N1C(=O)[C@H]2[C@H](C1=O)[C@H]1C=C[C@H]2CC1. The standard InChI is InChI=1S/C25H25N3O3/c29-23-21-17-11-12-18(14-13-17)22(21)24(30)28(23)20(15-16-7-3-1-4-8-16)27-25(31)26-19-9-5-2-6-10-19/h1-12,17-18,20-22H,13-15H2,(H2,26,27,31)/t17-,18-,20-,21+,22+/m0/s1. The van der Waals surface area contributed by atoms with Gasteiger partial charge in [0, 0.05) is 12.1 Å². The number of rotatable bonds is 5. The number of hydrogen-bond acceptors (Lipinski definition) is 3. The lowest BCUT2D eigenvalue weighted by Crippen LogP contribution is -2.53. The van der Waals surface area contributed by atoms with Crippen molar-refractivity contribution in [1.82, 2.24) is 10.2 Å². The van der Waals surface area contributed by atoms with Crippen molar-refractivity contribution < 1.29 is 14.4 Å². The molecule has 1 saturated heterocycles. The number of carbonyl (C=O) groups excluding carboxylic acids is 3. The molecule has 158 valence electrons. The zero-order valence-electron chi connectivity index (χ0n) is 17.1. The van der Waals surface area contributed by atoms with Gasteiger partial charge in [-0.1, -0.05) is 60.7 Å². The smallest absolute Gasteiger partial charge is 0.317 e. The number of benzene rings is 2. The Bertz CT molecular complexity index is 989. The number of allylic oxidation sites excluding steroid dienone is 2. The number of amides is 4. The molecule has 0 spiro atoms. The lowest BCUT2D eigenvalue weighted by atomic mass is 9.63. The fourth-order valence-corrected chi connectivity index (χ4v) is 5.29. The molecule has 6 heteroatoms. The van der Waals surface area contributed by atoms with E-state index in [1.165, 1.54) is 4.90 Å². The van der Waals surface area contributed by atoms with Gasteiger partial charge in [0.15, 0.2) is 0 Å². The number of fused-ring (bicyclic) bond motifs is 1. The summed E-state index contributed by atoms with van der Waals surface area (Å²) in [6, 6.07) is 18.3. The van der Waals surface area contributed by atoms with Crippen molar-refractivity contribution in [3.8, 4) is 0 Å². The monoisotopic (exact) mass is 415 g/mol. The summed E-state index contributed by atoms with van der Waals surface area (Å²) in [5.41, 5.74) is 1.59. The molecule has 3 aliphatic carbocycles. The summed E-state index contributed by atoms with van der Waals surface area (Å²) in [7, 11) is 0. The van der Waals surface area contributed by atoms with Crippen LogP contribution >= 0.6 is 0 Å². The molecule has 5 atom stereocenters. The van der Waals surface area contributed by atoms with Crippen LogP contribution in [-0.2, 0) is 16.0 Å². The van der Waals surface area contributed by atoms with Gasteiger partial charge in [0.05, 0.1) is 11.8 Å². The van der Waals surface area contributed by atoms with Crippen molar-refractivity contribution in [2.45, 2.75) is 25.4 Å². The highest BCUT2D eigenvalue weighted by atomic mass is 16.2. The number of likely N-dealkylation sites (tertiary alicyclic amines) is 1. The van der Waals surface area contributed by atoms with Crippen molar-refractivity contribution >= 4 is 23.5 Å². The molecule has 1 aliphatic heterocycles. The minimum Gasteiger partial charge on any atom is -0.317 e. The molecule has 2 fully saturated rings. The predicted octanol–water partition coefficient (Wildman–Crippen LogP) is 3.57. The third-order valence-electron chi connectivity index (χ3n) is 6.71. The normalized spacial score (nSPS) is 27.2. The number of urea groups is 1. The largest absolute Gasteiger partial charge is 0.320 e. The van der Waals surface area contributed by atoms with E-state index in [1.807, 2.05) is 48.5 Å². The van der Waals surface area contributed by atoms with Gasteiger partial charge in [-0.2, -0.15) is 0 Å². The van der Waals surface area contributed by atoms with Gasteiger partial charge in [0.1, 0.15) is 6.17 Å². The van der Waals surface area contributed by atoms with E-state index in [4.69, 9.17) is 0 Å². The molecule has 2 aromatic carbocycles. The van der Waals surface area contributed by atoms with Crippen molar-refractivity contribution in [3.63, 3.8) is 0 Å². The van der Waals surface area contributed by atoms with Crippen LogP contribution in [0.4, 0.5) is 10.5 Å². The highest BCUT2D eigenvalue weighted by molar-refractivity contribution is 6.06. The van der Waals surface area contributed by atoms with Gasteiger partial charge in [-0.3, -0.25) is 14.5 Å². The third-order valence-corrected chi connectivity index (χ3v) is 6.71. The van der Waals surface area contributed by atoms with Gasteiger partial charge >= 0.3 is 6.03 Å². The van der Waals surface area contributed by atoms with E-state index in [1.54, 1.807) is 12.1 Å². The van der Waals surface area contributed by atoms with Gasteiger partial charge in [-0.15, -0.1) is 0 Å². The quantitative estimate of drug-likeness (QED) is 0.579. The second kappa shape index (κ2) is 8.02. The Labute approximate surface area is 181 Å². The topological polar surface area (TPSA) is 78.5 Å². The molecule has 2 bridgehead atoms. The van der Waals surface area contributed by atoms with Crippen LogP contribution in [0.5, 0.6) is 0 Å². The number of hydrogen-bond donors (Lipinski definition) is 2. The zero-order chi connectivity index (χ0) is 21.4. The van der Waals surface area contributed by atoms with Gasteiger partial charge in [-0.05, 0) is 42.4 Å². The fourth-order valence-electron chi connectivity index (χ4n) is 5.29. The third kappa shape index (κ3) is 3.63. The van der Waals surface area contributed by atoms with E-state index in [0.29, 0.717) is 12.1 Å². The van der Waals surface area contributed by atoms with Crippen molar-refractivity contribution in [2.24, 2.45) is 23.7 Å². The maximum Gasteiger partial charge on any atom is 0.320 e. The van der Waals surface area contributed by atoms with Crippen LogP contribution in [0.3, 0.4) is 0 Å². The Kier molecular flexibility index (Phi) is 5.06. The van der Waals surface area contributed by atoms with Crippen molar-refractivity contribution in [2.75, 3.05) is 5.32 Å². The summed E-state index contributed by atoms with van der Waals surface area (Å²) >= 11 is 0. The lowest BCUT2D eigenvalue weighted by Gasteiger charge is -2.38. The van der Waals surface area contributed by atoms with Gasteiger partial charge in [0.2, 0.25) is 11.8 Å². The minimum atomic E-state index is -0.740. The van der Waals surface area contributed by atoms with Crippen LogP contribution in [0.15, 0.2) is 72.8 Å². The average Bonchev–Trinajstić information content (AvgIpc) is 3.08. The van der Waals surface area contributed by atoms with Gasteiger partial charge in [-0.25, -0.2) is 4.79 Å². The van der Waals surface area contributed by atoms with Crippen molar-refractivity contribution in [1.29, 1.82) is 0 Å². The molecule has 1 saturated carbocycles. The fraction of sp³-hybridized carbons (Fsp3) is 0.320. The highest BCUT2D eigenvalue weighted by Gasteiger charge is 2.58. The predicted molar refractivity (Wildman–Crippen MR) is 117 cm³/mol. The molecule has 4 aliphatic rings. The van der Waals surface area contributed by atoms with E-state index < -0.39 is 12.2 Å². The number of nitrogens with zero attached hydrogens (tertiary/aromatic N) is 1. The first-order valence-electron chi connectivity index (χ1n) is 10.8. The molecule has 1 heterocycles. The van der Waals surface area contributed by atoms with E-state index in [2.05, 4.69) is 22.8 Å². The van der Waals surface area contributed by atoms with Gasteiger partial charge in [0.25, 0.3) is 0 Å². The number of anilines is 1. The van der Waals surface area contributed by atoms with E-state index >= 15 is 0 Å². The number of para-hydroxylation sites is 1. The Morgan fingerprint density at radius 2 is 1.42 bits per heavy atom. The van der Waals surface area contributed by atoms with Crippen LogP contribution in [0, 0.1) is 23.7 Å². The first-order valence-corrected chi connectivity index (χ1v) is 10.8. The number of nitrogens with one attached hydrogen (secondary N) is 2. The highest BCUT2D eigenvalue weighted by Crippen LogP contribution is 2.49. The van der Waals surface area contributed by atoms with E-state index in [9.17, 15) is 14.4 Å². The lowest BCUT2D eigenvalue weighted by molar-refractivity contribution is -0.143. The maximum atomic E-state index is 13.4. The van der Waals surface area contributed by atoms with Crippen LogP contribution in [0.25, 0.3) is 0 Å². The molecule has 4 amide bonds. The number of imide groups is 1. The van der Waals surface area contributed by atoms with Gasteiger partial charge < -0.3 is 10.6 Å². The Balaban J connectivity index is 1.41. The maximum absolute atomic E-state index is 13.4. The zero-order valence-corrected chi connectivity index (χ0v) is 17.1. The molecule has 31 heavy (non-hydrogen) atoms. The minimum absolute atomic E-state index is 0.118. The summed E-state index contributed by atoms with van der Waals surface area (Å²) in [6.45, 7) is 0. The van der Waals surface area contributed by atoms with Crippen LogP contribution in [0.2, 0.25) is 0 Å². The molecular weight excluding hydrogens is 390 g/mol. The van der Waals surface area contributed by atoms with E-state index in [0.717, 1.165) is 18.4 Å². The molecule has 0 aromatic heterocycles. The summed E-state index contributed by atoms with van der Waals surface area (Å²) in [4.78, 5) is 40.9. The van der Waals surface area contributed by atoms with Crippen LogP contribution in [0.1, 0.15) is 18.4 Å². The first kappa shape index (κ1) is 19.5. The van der Waals surface area contributed by atoms with Crippen LogP contribution < -0.4 is 10.6 Å². The molecule has 6 nitrogen and oxygen atoms in total. The van der Waals surface area contributed by atoms with Crippen molar-refractivity contribution in [3.05, 3.63) is 78.4 Å². The number of carbonyl (C=O) groups is 3. The molecule has 0 unspecified atom stereocenters. The molecule has 2 N–H and O–H groups in total. The molecule has 6 rings (SSSR count). The Morgan fingerprint density at radius 3 is 1.97 bits per heavy atom. The summed E-state index contributed by atoms with van der Waals surface area (Å²) < 4.78 is 0. The summed E-state index contributed by atoms with van der Waals surface area (Å²) in [6.07, 6.45) is 5.72. The van der Waals surface area contributed by atoms with Crippen LogP contribution in [-0.4, -0.2) is 28.9 Å². The second-order valence-corrected chi connectivity index (χ2v) is 8.56. The average molecular weight is 415 g/mol. The van der Waals surface area contributed by atoms with E-state index in [-0.39, 0.29) is 35.5 Å². The molecule has 2 aromatic rings. The Morgan fingerprint density at radius 1 is 0.871 bits per heavy atom. The summed E-state index contributed by atoms with van der Waals surface area (Å²) in [5.74, 6) is -0.675. The molecule has 0 radical (unpaired) electrons. The molecular formula is C25H25N3O3. The Hall–Kier alpha value is -3.41. The summed E-state index contributed by atoms with van der Waals surface area (Å²) in [5, 5.41) is 5.68.